The van der Waals surface area contributed by atoms with Crippen molar-refractivity contribution in [2.24, 2.45) is 0 Å². The lowest BCUT2D eigenvalue weighted by molar-refractivity contribution is -0.136. The molecule has 1 aliphatic rings. The number of fused-ring (bicyclic) bond motifs is 1. The van der Waals surface area contributed by atoms with Crippen molar-refractivity contribution in [1.82, 2.24) is 25.0 Å². The van der Waals surface area contributed by atoms with Crippen LogP contribution in [0.2, 0.25) is 0 Å². The average molecular weight is 451 g/mol. The molecule has 1 saturated heterocycles. The number of likely N-dealkylation sites (tertiary alicyclic amines) is 1. The molecule has 9 heteroatoms. The van der Waals surface area contributed by atoms with Gasteiger partial charge in [-0.2, -0.15) is 5.10 Å². The van der Waals surface area contributed by atoms with E-state index >= 15 is 0 Å². The number of anilines is 1. The molecule has 2 N–H and O–H groups in total. The van der Waals surface area contributed by atoms with E-state index in [9.17, 15) is 9.59 Å². The number of amides is 2. The number of aromatic nitrogens is 3. The fourth-order valence-electron chi connectivity index (χ4n) is 4.15. The third-order valence-electron chi connectivity index (χ3n) is 5.97. The highest BCUT2D eigenvalue weighted by Gasteiger charge is 2.25. The van der Waals surface area contributed by atoms with Crippen LogP contribution in [0, 0.1) is 0 Å². The van der Waals surface area contributed by atoms with Crippen molar-refractivity contribution in [2.75, 3.05) is 32.1 Å². The Morgan fingerprint density at radius 1 is 1.15 bits per heavy atom. The molecule has 0 saturated carbocycles. The molecule has 3 heterocycles. The number of methoxy groups -OCH3 is 1. The molecule has 4 rings (SSSR count). The minimum Gasteiger partial charge on any atom is -0.381 e. The van der Waals surface area contributed by atoms with E-state index in [1.807, 2.05) is 46.8 Å². The third kappa shape index (κ3) is 5.14. The zero-order valence-electron chi connectivity index (χ0n) is 19.1. The van der Waals surface area contributed by atoms with Crippen molar-refractivity contribution in [3.05, 3.63) is 53.9 Å². The van der Waals surface area contributed by atoms with Gasteiger partial charge in [0, 0.05) is 45.5 Å². The van der Waals surface area contributed by atoms with Crippen molar-refractivity contribution < 1.29 is 14.3 Å². The number of nitrogens with one attached hydrogen (secondary N) is 2. The maximum Gasteiger partial charge on any atom is 0.255 e. The van der Waals surface area contributed by atoms with Gasteiger partial charge in [-0.15, -0.1) is 0 Å². The van der Waals surface area contributed by atoms with Crippen LogP contribution in [0.4, 0.5) is 5.69 Å². The Morgan fingerprint density at radius 2 is 1.91 bits per heavy atom. The maximum absolute atomic E-state index is 13.1. The summed E-state index contributed by atoms with van der Waals surface area (Å²) in [4.78, 5) is 31.6. The largest absolute Gasteiger partial charge is 0.381 e. The molecule has 2 amide bonds. The van der Waals surface area contributed by atoms with Crippen LogP contribution in [-0.4, -0.2) is 64.3 Å². The summed E-state index contributed by atoms with van der Waals surface area (Å²) in [6.45, 7) is 4.54. The van der Waals surface area contributed by atoms with Crippen LogP contribution in [0.15, 0.2) is 42.7 Å². The molecule has 33 heavy (non-hydrogen) atoms. The normalized spacial score (nSPS) is 14.4. The Labute approximate surface area is 193 Å². The van der Waals surface area contributed by atoms with Gasteiger partial charge in [-0.1, -0.05) is 30.3 Å². The van der Waals surface area contributed by atoms with E-state index in [1.165, 1.54) is 7.11 Å². The number of hydrogen-bond donors (Lipinski definition) is 2. The molecule has 1 fully saturated rings. The average Bonchev–Trinajstić information content (AvgIpc) is 3.28. The Balaban J connectivity index is 1.54. The van der Waals surface area contributed by atoms with E-state index in [0.29, 0.717) is 31.7 Å². The highest BCUT2D eigenvalue weighted by atomic mass is 16.5. The van der Waals surface area contributed by atoms with Gasteiger partial charge >= 0.3 is 0 Å². The summed E-state index contributed by atoms with van der Waals surface area (Å²) in [6.07, 6.45) is 4.95. The molecule has 9 nitrogen and oxygen atoms in total. The molecule has 0 unspecified atom stereocenters. The summed E-state index contributed by atoms with van der Waals surface area (Å²) in [5.74, 6) is -0.180. The molecule has 0 atom stereocenters. The van der Waals surface area contributed by atoms with E-state index in [1.54, 1.807) is 12.4 Å². The van der Waals surface area contributed by atoms with Crippen LogP contribution in [-0.2, 0) is 22.6 Å². The molecular formula is C24H30N6O3. The summed E-state index contributed by atoms with van der Waals surface area (Å²) in [5.41, 5.74) is 3.01. The molecule has 0 radical (unpaired) electrons. The van der Waals surface area contributed by atoms with Crippen molar-refractivity contribution in [3.8, 4) is 0 Å². The predicted molar refractivity (Wildman–Crippen MR) is 126 cm³/mol. The molecule has 1 aliphatic heterocycles. The van der Waals surface area contributed by atoms with Gasteiger partial charge in [0.05, 0.1) is 22.8 Å². The third-order valence-corrected chi connectivity index (χ3v) is 5.97. The molecule has 3 aromatic rings. The first-order valence-corrected chi connectivity index (χ1v) is 11.3. The van der Waals surface area contributed by atoms with Gasteiger partial charge in [0.1, 0.15) is 6.61 Å². The number of ether oxygens (including phenoxy) is 1. The summed E-state index contributed by atoms with van der Waals surface area (Å²) >= 11 is 0. The highest BCUT2D eigenvalue weighted by Crippen LogP contribution is 2.28. The fraction of sp³-hybridized carbons (Fsp3) is 0.417. The van der Waals surface area contributed by atoms with Gasteiger partial charge in [-0.3, -0.25) is 9.59 Å². The Bertz CT molecular complexity index is 1110. The molecule has 0 bridgehead atoms. The van der Waals surface area contributed by atoms with E-state index in [4.69, 9.17) is 4.74 Å². The van der Waals surface area contributed by atoms with E-state index in [-0.39, 0.29) is 24.5 Å². The molecule has 1 aromatic carbocycles. The topological polar surface area (TPSA) is 101 Å². The Hall–Kier alpha value is -3.46. The first kappa shape index (κ1) is 22.7. The zero-order chi connectivity index (χ0) is 23.2. The monoisotopic (exact) mass is 450 g/mol. The van der Waals surface area contributed by atoms with Gasteiger partial charge in [-0.25, -0.2) is 9.67 Å². The van der Waals surface area contributed by atoms with Gasteiger partial charge in [0.2, 0.25) is 5.91 Å². The van der Waals surface area contributed by atoms with Crippen LogP contribution in [0.1, 0.15) is 35.7 Å². The summed E-state index contributed by atoms with van der Waals surface area (Å²) in [5, 5.41) is 11.8. The SMILES string of the molecule is CCn1ncc2c(NC3CCN(C(=O)COC)CC3)c(C(=O)NCc3ccccc3)cnc21. The summed E-state index contributed by atoms with van der Waals surface area (Å²) in [7, 11) is 1.53. The summed E-state index contributed by atoms with van der Waals surface area (Å²) < 4.78 is 6.79. The Morgan fingerprint density at radius 3 is 2.61 bits per heavy atom. The van der Waals surface area contributed by atoms with E-state index in [0.717, 1.165) is 35.1 Å². The molecular weight excluding hydrogens is 420 g/mol. The number of carbonyl (C=O) groups excluding carboxylic acids is 2. The van der Waals surface area contributed by atoms with Crippen LogP contribution in [0.3, 0.4) is 0 Å². The van der Waals surface area contributed by atoms with E-state index in [2.05, 4.69) is 20.7 Å². The number of aryl methyl sites for hydroxylation is 1. The second-order valence-electron chi connectivity index (χ2n) is 8.15. The second kappa shape index (κ2) is 10.4. The standard InChI is InChI=1S/C24H30N6O3/c1-3-30-23-19(15-27-30)22(28-18-9-11-29(12-10-18)21(31)16-33-2)20(14-25-23)24(32)26-13-17-7-5-4-6-8-17/h4-8,14-15,18H,3,9-13,16H2,1-2H3,(H,25,28)(H,26,32). The summed E-state index contributed by atoms with van der Waals surface area (Å²) in [6, 6.07) is 9.93. The smallest absolute Gasteiger partial charge is 0.255 e. The maximum atomic E-state index is 13.1. The second-order valence-corrected chi connectivity index (χ2v) is 8.15. The lowest BCUT2D eigenvalue weighted by Gasteiger charge is -2.33. The molecule has 0 aliphatic carbocycles. The highest BCUT2D eigenvalue weighted by molar-refractivity contribution is 6.06. The minimum atomic E-state index is -0.187. The quantitative estimate of drug-likeness (QED) is 0.547. The number of rotatable bonds is 8. The molecule has 174 valence electrons. The Kier molecular flexibility index (Phi) is 7.19. The first-order valence-electron chi connectivity index (χ1n) is 11.3. The minimum absolute atomic E-state index is 0.00690. The van der Waals surface area contributed by atoms with Gasteiger partial charge in [-0.05, 0) is 25.3 Å². The van der Waals surface area contributed by atoms with Gasteiger partial charge in [0.15, 0.2) is 5.65 Å². The van der Waals surface area contributed by atoms with Crippen molar-refractivity contribution in [1.29, 1.82) is 0 Å². The number of hydrogen-bond acceptors (Lipinski definition) is 6. The lowest BCUT2D eigenvalue weighted by atomic mass is 10.0. The first-order chi connectivity index (χ1) is 16.1. The van der Waals surface area contributed by atoms with Crippen molar-refractivity contribution >= 4 is 28.5 Å². The van der Waals surface area contributed by atoms with Gasteiger partial charge < -0.3 is 20.3 Å². The fourth-order valence-corrected chi connectivity index (χ4v) is 4.15. The van der Waals surface area contributed by atoms with Crippen molar-refractivity contribution in [2.45, 2.75) is 38.9 Å². The number of carbonyl (C=O) groups is 2. The number of piperidine rings is 1. The number of pyridine rings is 1. The number of benzene rings is 1. The van der Waals surface area contributed by atoms with Crippen LogP contribution in [0.25, 0.3) is 11.0 Å². The van der Waals surface area contributed by atoms with E-state index < -0.39 is 0 Å². The predicted octanol–water partition coefficient (Wildman–Crippen LogP) is 2.43. The zero-order valence-corrected chi connectivity index (χ0v) is 19.1. The molecule has 0 spiro atoms. The number of nitrogens with zero attached hydrogens (tertiary/aromatic N) is 4. The van der Waals surface area contributed by atoms with Crippen LogP contribution < -0.4 is 10.6 Å². The van der Waals surface area contributed by atoms with Crippen LogP contribution in [0.5, 0.6) is 0 Å². The van der Waals surface area contributed by atoms with Crippen LogP contribution >= 0.6 is 0 Å². The van der Waals surface area contributed by atoms with Gasteiger partial charge in [0.25, 0.3) is 5.91 Å². The molecule has 2 aromatic heterocycles. The lowest BCUT2D eigenvalue weighted by Crippen LogP contribution is -2.43. The van der Waals surface area contributed by atoms with Crippen molar-refractivity contribution in [3.63, 3.8) is 0 Å².